The molecule has 130 valence electrons. The Morgan fingerprint density at radius 1 is 1.46 bits per heavy atom. The second kappa shape index (κ2) is 8.21. The Bertz CT molecular complexity index is 808. The van der Waals surface area contributed by atoms with Gasteiger partial charge in [-0.25, -0.2) is 4.98 Å². The number of thiazole rings is 1. The third kappa shape index (κ3) is 4.22. The van der Waals surface area contributed by atoms with E-state index >= 15 is 0 Å². The molecule has 6 nitrogen and oxygen atoms in total. The molecule has 24 heavy (non-hydrogen) atoms. The summed E-state index contributed by atoms with van der Waals surface area (Å²) in [5.74, 6) is 0.818. The van der Waals surface area contributed by atoms with Crippen LogP contribution in [-0.2, 0) is 20.1 Å². The second-order valence-electron chi connectivity index (χ2n) is 5.34. The fraction of sp³-hybridized carbons (Fsp3) is 0.333. The van der Waals surface area contributed by atoms with Crippen molar-refractivity contribution >= 4 is 57.8 Å². The van der Waals surface area contributed by atoms with Crippen LogP contribution < -0.4 is 5.32 Å². The summed E-state index contributed by atoms with van der Waals surface area (Å²) >= 11 is 7.67. The van der Waals surface area contributed by atoms with E-state index in [-0.39, 0.29) is 24.0 Å². The molecule has 3 rings (SSSR count). The van der Waals surface area contributed by atoms with Crippen LogP contribution >= 0.6 is 46.9 Å². The van der Waals surface area contributed by atoms with Crippen molar-refractivity contribution in [3.8, 4) is 0 Å². The van der Waals surface area contributed by atoms with Crippen LogP contribution in [0.5, 0.6) is 0 Å². The minimum Gasteiger partial charge on any atom is -0.351 e. The fourth-order valence-corrected chi connectivity index (χ4v) is 3.45. The van der Waals surface area contributed by atoms with Crippen molar-refractivity contribution in [2.24, 2.45) is 12.0 Å². The van der Waals surface area contributed by atoms with Gasteiger partial charge >= 0.3 is 0 Å². The number of aryl methyl sites for hydroxylation is 1. The van der Waals surface area contributed by atoms with Gasteiger partial charge in [-0.05, 0) is 6.07 Å². The largest absolute Gasteiger partial charge is 0.351 e. The average Bonchev–Trinajstić information content (AvgIpc) is 3.15. The predicted molar refractivity (Wildman–Crippen MR) is 111 cm³/mol. The lowest BCUT2D eigenvalue weighted by Gasteiger charge is -2.22. The van der Waals surface area contributed by atoms with Gasteiger partial charge in [0.2, 0.25) is 0 Å². The van der Waals surface area contributed by atoms with Crippen molar-refractivity contribution in [2.45, 2.75) is 13.1 Å². The molecule has 3 aromatic heterocycles. The number of rotatable bonds is 4. The van der Waals surface area contributed by atoms with E-state index < -0.39 is 0 Å². The third-order valence-electron chi connectivity index (χ3n) is 3.62. The molecule has 9 heteroatoms. The number of hydrogen-bond donors (Lipinski definition) is 1. The van der Waals surface area contributed by atoms with Gasteiger partial charge in [0.25, 0.3) is 0 Å². The molecule has 0 aliphatic carbocycles. The van der Waals surface area contributed by atoms with Crippen molar-refractivity contribution in [2.75, 3.05) is 14.1 Å². The molecule has 0 atom stereocenters. The summed E-state index contributed by atoms with van der Waals surface area (Å²) in [6, 6.07) is 1.97. The van der Waals surface area contributed by atoms with Crippen LogP contribution in [0.25, 0.3) is 4.96 Å². The van der Waals surface area contributed by atoms with Crippen LogP contribution in [-0.4, -0.2) is 38.9 Å². The summed E-state index contributed by atoms with van der Waals surface area (Å²) in [4.78, 5) is 12.0. The maximum atomic E-state index is 6.04. The maximum absolute atomic E-state index is 6.04. The molecule has 0 spiro atoms. The first kappa shape index (κ1) is 19.1. The van der Waals surface area contributed by atoms with Crippen LogP contribution in [0.15, 0.2) is 35.0 Å². The molecule has 0 radical (unpaired) electrons. The van der Waals surface area contributed by atoms with E-state index in [2.05, 4.69) is 20.2 Å². The smallest absolute Gasteiger partial charge is 0.194 e. The molecular formula is C15H20ClIN6S. The Hall–Kier alpha value is -1.26. The van der Waals surface area contributed by atoms with Crippen molar-refractivity contribution < 1.29 is 0 Å². The monoisotopic (exact) mass is 478 g/mol. The molecule has 0 amide bonds. The van der Waals surface area contributed by atoms with E-state index in [9.17, 15) is 0 Å². The van der Waals surface area contributed by atoms with E-state index in [4.69, 9.17) is 11.6 Å². The van der Waals surface area contributed by atoms with Crippen LogP contribution in [0.4, 0.5) is 0 Å². The third-order valence-corrected chi connectivity index (χ3v) is 4.60. The minimum atomic E-state index is 0. The van der Waals surface area contributed by atoms with E-state index in [0.717, 1.165) is 33.9 Å². The molecule has 3 aromatic rings. The highest BCUT2D eigenvalue weighted by Crippen LogP contribution is 2.14. The SMILES string of the molecule is CN=C(NCc1cn2ccsc2n1)N(C)Cc1cc(Cl)cn1C.I. The van der Waals surface area contributed by atoms with Gasteiger partial charge in [-0.3, -0.25) is 9.39 Å². The Kier molecular flexibility index (Phi) is 6.53. The number of aromatic nitrogens is 3. The summed E-state index contributed by atoms with van der Waals surface area (Å²) in [5.41, 5.74) is 2.12. The topological polar surface area (TPSA) is 49.9 Å². The zero-order chi connectivity index (χ0) is 16.4. The standard InChI is InChI=1S/C15H19ClN6S.HI/c1-17-14(21(3)10-13-6-11(16)8-20(13)2)18-7-12-9-22-4-5-23-15(22)19-12;/h4-6,8-9H,7,10H2,1-3H3,(H,17,18);1H. The molecule has 3 heterocycles. The van der Waals surface area contributed by atoms with Crippen LogP contribution in [0.1, 0.15) is 11.4 Å². The Morgan fingerprint density at radius 3 is 2.88 bits per heavy atom. The van der Waals surface area contributed by atoms with Crippen LogP contribution in [0.3, 0.4) is 0 Å². The van der Waals surface area contributed by atoms with Crippen molar-refractivity contribution in [3.05, 3.63) is 46.4 Å². The van der Waals surface area contributed by atoms with Gasteiger partial charge in [0.1, 0.15) is 0 Å². The zero-order valence-corrected chi connectivity index (χ0v) is 17.6. The fourth-order valence-electron chi connectivity index (χ4n) is 2.46. The number of nitrogens with zero attached hydrogens (tertiary/aromatic N) is 5. The van der Waals surface area contributed by atoms with E-state index in [1.54, 1.807) is 18.4 Å². The molecule has 0 saturated carbocycles. The van der Waals surface area contributed by atoms with Gasteiger partial charge in [-0.15, -0.1) is 35.3 Å². The number of aliphatic imine (C=N–C) groups is 1. The molecule has 1 N–H and O–H groups in total. The first-order valence-electron chi connectivity index (χ1n) is 7.20. The number of hydrogen-bond acceptors (Lipinski definition) is 3. The molecule has 0 fully saturated rings. The highest BCUT2D eigenvalue weighted by Gasteiger charge is 2.10. The van der Waals surface area contributed by atoms with Gasteiger partial charge < -0.3 is 14.8 Å². The first-order chi connectivity index (χ1) is 11.1. The minimum absolute atomic E-state index is 0. The quantitative estimate of drug-likeness (QED) is 0.356. The molecular weight excluding hydrogens is 459 g/mol. The van der Waals surface area contributed by atoms with E-state index in [1.165, 1.54) is 0 Å². The Labute approximate surface area is 167 Å². The number of halogens is 2. The Morgan fingerprint density at radius 2 is 2.25 bits per heavy atom. The van der Waals surface area contributed by atoms with Gasteiger partial charge in [-0.1, -0.05) is 11.6 Å². The first-order valence-corrected chi connectivity index (χ1v) is 8.46. The highest BCUT2D eigenvalue weighted by atomic mass is 127. The van der Waals surface area contributed by atoms with Crippen LogP contribution in [0.2, 0.25) is 5.02 Å². The number of nitrogens with one attached hydrogen (secondary N) is 1. The number of imidazole rings is 1. The van der Waals surface area contributed by atoms with Gasteiger partial charge in [0.15, 0.2) is 10.9 Å². The van der Waals surface area contributed by atoms with Gasteiger partial charge in [-0.2, -0.15) is 0 Å². The second-order valence-corrected chi connectivity index (χ2v) is 6.65. The average molecular weight is 479 g/mol. The van der Waals surface area contributed by atoms with Gasteiger partial charge in [0.05, 0.1) is 23.8 Å². The lowest BCUT2D eigenvalue weighted by atomic mass is 10.4. The Balaban J connectivity index is 0.00000208. The summed E-state index contributed by atoms with van der Waals surface area (Å²) < 4.78 is 4.05. The number of guanidine groups is 1. The summed E-state index contributed by atoms with van der Waals surface area (Å²) in [7, 11) is 5.77. The maximum Gasteiger partial charge on any atom is 0.194 e. The number of fused-ring (bicyclic) bond motifs is 1. The van der Waals surface area contributed by atoms with Crippen molar-refractivity contribution in [1.29, 1.82) is 0 Å². The lowest BCUT2D eigenvalue weighted by molar-refractivity contribution is 0.461. The predicted octanol–water partition coefficient (Wildman–Crippen LogP) is 3.21. The van der Waals surface area contributed by atoms with Crippen molar-refractivity contribution in [1.82, 2.24) is 24.2 Å². The van der Waals surface area contributed by atoms with Crippen LogP contribution in [0, 0.1) is 0 Å². The summed E-state index contributed by atoms with van der Waals surface area (Å²) in [6.45, 7) is 1.36. The molecule has 0 saturated heterocycles. The highest BCUT2D eigenvalue weighted by molar-refractivity contribution is 14.0. The van der Waals surface area contributed by atoms with E-state index in [0.29, 0.717) is 6.54 Å². The molecule has 0 unspecified atom stereocenters. The summed E-state index contributed by atoms with van der Waals surface area (Å²) in [5, 5.41) is 6.12. The molecule has 0 aliphatic rings. The van der Waals surface area contributed by atoms with Crippen molar-refractivity contribution in [3.63, 3.8) is 0 Å². The summed E-state index contributed by atoms with van der Waals surface area (Å²) in [6.07, 6.45) is 5.94. The van der Waals surface area contributed by atoms with Gasteiger partial charge in [0, 0.05) is 50.8 Å². The zero-order valence-electron chi connectivity index (χ0n) is 13.7. The molecule has 0 bridgehead atoms. The molecule has 0 aliphatic heterocycles. The normalized spacial score (nSPS) is 11.6. The van der Waals surface area contributed by atoms with E-state index in [1.807, 2.05) is 53.1 Å². The lowest BCUT2D eigenvalue weighted by Crippen LogP contribution is -2.38. The molecule has 0 aromatic carbocycles.